The molecule has 0 aliphatic carbocycles. The minimum absolute atomic E-state index is 0.547. The quantitative estimate of drug-likeness (QED) is 0.736. The lowest BCUT2D eigenvalue weighted by molar-refractivity contribution is 0.0747. The van der Waals surface area contributed by atoms with Gasteiger partial charge in [0, 0.05) is 26.0 Å². The van der Waals surface area contributed by atoms with Crippen molar-refractivity contribution in [1.82, 2.24) is 5.32 Å². The van der Waals surface area contributed by atoms with Gasteiger partial charge in [0.05, 0.1) is 4.75 Å². The van der Waals surface area contributed by atoms with Gasteiger partial charge in [0.25, 0.3) is 0 Å². The van der Waals surface area contributed by atoms with Crippen LogP contribution in [0.15, 0.2) is 0 Å². The number of hydrogen-bond donors (Lipinski definition) is 1. The molecule has 1 saturated heterocycles. The molecule has 1 fully saturated rings. The first-order chi connectivity index (χ1) is 6.52. The van der Waals surface area contributed by atoms with Gasteiger partial charge in [-0.2, -0.15) is 0 Å². The van der Waals surface area contributed by atoms with Crippen LogP contribution < -0.4 is 5.32 Å². The first-order valence-electron chi connectivity index (χ1n) is 5.00. The van der Waals surface area contributed by atoms with E-state index >= 15 is 0 Å². The van der Waals surface area contributed by atoms with Gasteiger partial charge in [0.15, 0.2) is 9.84 Å². The molecule has 0 aromatic carbocycles. The molecule has 0 aromatic rings. The second-order valence-corrected chi connectivity index (χ2v) is 6.26. The topological polar surface area (TPSA) is 55.4 Å². The van der Waals surface area contributed by atoms with E-state index in [4.69, 9.17) is 4.74 Å². The van der Waals surface area contributed by atoms with Crippen LogP contribution in [-0.4, -0.2) is 45.7 Å². The van der Waals surface area contributed by atoms with E-state index in [-0.39, 0.29) is 0 Å². The average molecular weight is 221 g/mol. The zero-order valence-electron chi connectivity index (χ0n) is 8.88. The van der Waals surface area contributed by atoms with Gasteiger partial charge in [-0.05, 0) is 19.4 Å². The van der Waals surface area contributed by atoms with Gasteiger partial charge < -0.3 is 10.1 Å². The maximum Gasteiger partial charge on any atom is 0.154 e. The average Bonchev–Trinajstić information content (AvgIpc) is 2.14. The lowest BCUT2D eigenvalue weighted by Crippen LogP contribution is -2.50. The van der Waals surface area contributed by atoms with Gasteiger partial charge in [-0.3, -0.25) is 0 Å². The summed E-state index contributed by atoms with van der Waals surface area (Å²) in [6.45, 7) is 4.44. The minimum Gasteiger partial charge on any atom is -0.381 e. The first-order valence-corrected chi connectivity index (χ1v) is 6.89. The highest BCUT2D eigenvalue weighted by Crippen LogP contribution is 2.28. The maximum absolute atomic E-state index is 11.7. The molecule has 1 N–H and O–H groups in total. The number of hydrogen-bond acceptors (Lipinski definition) is 4. The third-order valence-corrected chi connectivity index (χ3v) is 5.01. The van der Waals surface area contributed by atoms with Crippen LogP contribution in [0, 0.1) is 0 Å². The Labute approximate surface area is 85.9 Å². The minimum atomic E-state index is -3.00. The monoisotopic (exact) mass is 221 g/mol. The van der Waals surface area contributed by atoms with Gasteiger partial charge in [-0.1, -0.05) is 6.92 Å². The SMILES string of the molecule is CCNCC1(S(C)(=O)=O)CCOCC1. The molecule has 0 unspecified atom stereocenters. The molecule has 0 atom stereocenters. The molecule has 1 heterocycles. The lowest BCUT2D eigenvalue weighted by atomic mass is 9.99. The number of ether oxygens (including phenoxy) is 1. The van der Waals surface area contributed by atoms with Gasteiger partial charge >= 0.3 is 0 Å². The standard InChI is InChI=1S/C9H19NO3S/c1-3-10-8-9(14(2,11)12)4-6-13-7-5-9/h10H,3-8H2,1-2H3. The summed E-state index contributed by atoms with van der Waals surface area (Å²) in [5.74, 6) is 0. The normalized spacial score (nSPS) is 22.1. The summed E-state index contributed by atoms with van der Waals surface area (Å²) in [7, 11) is -3.00. The summed E-state index contributed by atoms with van der Waals surface area (Å²) >= 11 is 0. The third-order valence-electron chi connectivity index (χ3n) is 2.89. The molecule has 4 nitrogen and oxygen atoms in total. The first kappa shape index (κ1) is 11.9. The van der Waals surface area contributed by atoms with E-state index in [9.17, 15) is 8.42 Å². The van der Waals surface area contributed by atoms with Gasteiger partial charge in [0.2, 0.25) is 0 Å². The van der Waals surface area contributed by atoms with Crippen LogP contribution in [0.2, 0.25) is 0 Å². The molecule has 14 heavy (non-hydrogen) atoms. The molecule has 5 heteroatoms. The Hall–Kier alpha value is -0.130. The number of nitrogens with one attached hydrogen (secondary N) is 1. The van der Waals surface area contributed by atoms with Crippen LogP contribution in [0.5, 0.6) is 0 Å². The van der Waals surface area contributed by atoms with Crippen molar-refractivity contribution in [1.29, 1.82) is 0 Å². The highest BCUT2D eigenvalue weighted by molar-refractivity contribution is 7.92. The van der Waals surface area contributed by atoms with E-state index < -0.39 is 14.6 Å². The molecular formula is C9H19NO3S. The van der Waals surface area contributed by atoms with E-state index in [1.54, 1.807) is 0 Å². The highest BCUT2D eigenvalue weighted by Gasteiger charge is 2.41. The Morgan fingerprint density at radius 3 is 2.36 bits per heavy atom. The van der Waals surface area contributed by atoms with Crippen molar-refractivity contribution in [2.24, 2.45) is 0 Å². The summed E-state index contributed by atoms with van der Waals surface area (Å²) in [4.78, 5) is 0. The predicted molar refractivity (Wildman–Crippen MR) is 56.2 cm³/mol. The zero-order valence-corrected chi connectivity index (χ0v) is 9.69. The maximum atomic E-state index is 11.7. The molecule has 0 bridgehead atoms. The Morgan fingerprint density at radius 2 is 1.93 bits per heavy atom. The molecule has 0 radical (unpaired) electrons. The molecule has 0 aromatic heterocycles. The highest BCUT2D eigenvalue weighted by atomic mass is 32.2. The van der Waals surface area contributed by atoms with Gasteiger partial charge in [0.1, 0.15) is 0 Å². The number of rotatable bonds is 4. The van der Waals surface area contributed by atoms with Crippen LogP contribution in [0.1, 0.15) is 19.8 Å². The molecule has 84 valence electrons. The molecule has 1 rings (SSSR count). The largest absolute Gasteiger partial charge is 0.381 e. The van der Waals surface area contributed by atoms with E-state index in [1.165, 1.54) is 6.26 Å². The second-order valence-electron chi connectivity index (χ2n) is 3.85. The Morgan fingerprint density at radius 1 is 1.36 bits per heavy atom. The molecule has 1 aliphatic rings. The van der Waals surface area contributed by atoms with Gasteiger partial charge in [-0.15, -0.1) is 0 Å². The van der Waals surface area contributed by atoms with Crippen LogP contribution >= 0.6 is 0 Å². The Bertz CT molecular complexity index is 268. The van der Waals surface area contributed by atoms with Crippen molar-refractivity contribution in [3.05, 3.63) is 0 Å². The third kappa shape index (κ3) is 2.46. The molecular weight excluding hydrogens is 202 g/mol. The van der Waals surface area contributed by atoms with Crippen molar-refractivity contribution in [2.45, 2.75) is 24.5 Å². The van der Waals surface area contributed by atoms with Crippen LogP contribution in [0.3, 0.4) is 0 Å². The van der Waals surface area contributed by atoms with Crippen molar-refractivity contribution < 1.29 is 13.2 Å². The fourth-order valence-corrected chi connectivity index (χ4v) is 3.05. The smallest absolute Gasteiger partial charge is 0.154 e. The molecule has 0 spiro atoms. The van der Waals surface area contributed by atoms with E-state index in [0.717, 1.165) is 6.54 Å². The lowest BCUT2D eigenvalue weighted by Gasteiger charge is -2.35. The van der Waals surface area contributed by atoms with Crippen molar-refractivity contribution in [3.8, 4) is 0 Å². The summed E-state index contributed by atoms with van der Waals surface area (Å²) in [6.07, 6.45) is 2.55. The van der Waals surface area contributed by atoms with Gasteiger partial charge in [-0.25, -0.2) is 8.42 Å². The van der Waals surface area contributed by atoms with Crippen LogP contribution in [0.25, 0.3) is 0 Å². The molecule has 0 amide bonds. The van der Waals surface area contributed by atoms with E-state index in [1.807, 2.05) is 6.92 Å². The summed E-state index contributed by atoms with van der Waals surface area (Å²) in [5, 5.41) is 3.13. The fourth-order valence-electron chi connectivity index (χ4n) is 1.77. The van der Waals surface area contributed by atoms with Crippen LogP contribution in [-0.2, 0) is 14.6 Å². The Balaban J connectivity index is 2.78. The summed E-state index contributed by atoms with van der Waals surface area (Å²) in [6, 6.07) is 0. The van der Waals surface area contributed by atoms with Crippen LogP contribution in [0.4, 0.5) is 0 Å². The Kier molecular flexibility index (Phi) is 3.92. The van der Waals surface area contributed by atoms with E-state index in [0.29, 0.717) is 32.6 Å². The molecule has 0 saturated carbocycles. The second kappa shape index (κ2) is 4.59. The molecule has 1 aliphatic heterocycles. The number of sulfone groups is 1. The van der Waals surface area contributed by atoms with Crippen molar-refractivity contribution >= 4 is 9.84 Å². The zero-order chi connectivity index (χ0) is 10.7. The summed E-state index contributed by atoms with van der Waals surface area (Å²) in [5.41, 5.74) is 0. The fraction of sp³-hybridized carbons (Fsp3) is 1.00. The predicted octanol–water partition coefficient (Wildman–Crippen LogP) is 0.190. The van der Waals surface area contributed by atoms with Crippen molar-refractivity contribution in [3.63, 3.8) is 0 Å². The summed E-state index contributed by atoms with van der Waals surface area (Å²) < 4.78 is 28.0. The van der Waals surface area contributed by atoms with Crippen molar-refractivity contribution in [2.75, 3.05) is 32.6 Å². The van der Waals surface area contributed by atoms with E-state index in [2.05, 4.69) is 5.32 Å².